The van der Waals surface area contributed by atoms with E-state index in [1.807, 2.05) is 24.3 Å². The van der Waals surface area contributed by atoms with Crippen LogP contribution in [0.25, 0.3) is 0 Å². The molecule has 0 unspecified atom stereocenters. The van der Waals surface area contributed by atoms with Crippen molar-refractivity contribution < 1.29 is 5.11 Å². The lowest BCUT2D eigenvalue weighted by Gasteiger charge is -2.42. The fourth-order valence-corrected chi connectivity index (χ4v) is 2.61. The lowest BCUT2D eigenvalue weighted by atomic mass is 9.77. The minimum absolute atomic E-state index is 0.243. The van der Waals surface area contributed by atoms with Gasteiger partial charge >= 0.3 is 0 Å². The van der Waals surface area contributed by atoms with Gasteiger partial charge in [-0.05, 0) is 31.2 Å². The van der Waals surface area contributed by atoms with Gasteiger partial charge in [-0.2, -0.15) is 0 Å². The maximum absolute atomic E-state index is 10.8. The summed E-state index contributed by atoms with van der Waals surface area (Å²) >= 11 is 5.87. The summed E-state index contributed by atoms with van der Waals surface area (Å²) in [5.74, 6) is 0.243. The highest BCUT2D eigenvalue weighted by Crippen LogP contribution is 2.37. The highest BCUT2D eigenvalue weighted by atomic mass is 35.5. The van der Waals surface area contributed by atoms with Gasteiger partial charge in [-0.25, -0.2) is 0 Å². The van der Waals surface area contributed by atoms with E-state index in [1.54, 1.807) is 0 Å². The third-order valence-electron chi connectivity index (χ3n) is 3.62. The van der Waals surface area contributed by atoms with Gasteiger partial charge in [0.05, 0.1) is 5.60 Å². The van der Waals surface area contributed by atoms with Gasteiger partial charge < -0.3 is 10.0 Å². The van der Waals surface area contributed by atoms with Crippen LogP contribution < -0.4 is 0 Å². The first kappa shape index (κ1) is 11.9. The molecule has 1 aromatic carbocycles. The van der Waals surface area contributed by atoms with E-state index >= 15 is 0 Å². The molecule has 88 valence electrons. The zero-order chi connectivity index (χ0) is 11.8. The monoisotopic (exact) mass is 239 g/mol. The van der Waals surface area contributed by atoms with E-state index in [4.69, 9.17) is 11.6 Å². The molecule has 1 saturated heterocycles. The molecule has 0 bridgehead atoms. The minimum Gasteiger partial charge on any atom is -0.385 e. The fourth-order valence-electron chi connectivity index (χ4n) is 2.48. The Balaban J connectivity index is 2.27. The Morgan fingerprint density at radius 2 is 2.00 bits per heavy atom. The smallest absolute Gasteiger partial charge is 0.0946 e. The third-order valence-corrected chi connectivity index (χ3v) is 3.87. The molecule has 0 radical (unpaired) electrons. The molecule has 2 rings (SSSR count). The first-order valence-electron chi connectivity index (χ1n) is 5.69. The maximum atomic E-state index is 10.8. The fraction of sp³-hybridized carbons (Fsp3) is 0.538. The Labute approximate surface area is 102 Å². The van der Waals surface area contributed by atoms with Gasteiger partial charge in [0.25, 0.3) is 0 Å². The van der Waals surface area contributed by atoms with Crippen LogP contribution in [0.4, 0.5) is 0 Å². The Hall–Kier alpha value is -0.570. The summed E-state index contributed by atoms with van der Waals surface area (Å²) in [5.41, 5.74) is 0.286. The highest BCUT2D eigenvalue weighted by Gasteiger charge is 2.39. The zero-order valence-electron chi connectivity index (χ0n) is 9.78. The van der Waals surface area contributed by atoms with Gasteiger partial charge in [-0.15, -0.1) is 0 Å². The topological polar surface area (TPSA) is 23.5 Å². The molecule has 1 aliphatic heterocycles. The lowest BCUT2D eigenvalue weighted by Crippen LogP contribution is -2.47. The number of nitrogens with zero attached hydrogens (tertiary/aromatic N) is 1. The van der Waals surface area contributed by atoms with Crippen molar-refractivity contribution >= 4 is 11.6 Å². The van der Waals surface area contributed by atoms with Gasteiger partial charge in [0.15, 0.2) is 0 Å². The average molecular weight is 240 g/mol. The van der Waals surface area contributed by atoms with Crippen LogP contribution in [0.2, 0.25) is 5.02 Å². The summed E-state index contributed by atoms with van der Waals surface area (Å²) in [6, 6.07) is 7.56. The third kappa shape index (κ3) is 2.10. The Bertz CT molecular complexity index is 365. The molecule has 0 saturated carbocycles. The van der Waals surface area contributed by atoms with Crippen molar-refractivity contribution in [3.63, 3.8) is 0 Å². The van der Waals surface area contributed by atoms with Crippen molar-refractivity contribution in [2.24, 2.45) is 5.92 Å². The molecule has 0 aliphatic carbocycles. The number of halogens is 1. The van der Waals surface area contributed by atoms with E-state index < -0.39 is 5.60 Å². The Morgan fingerprint density at radius 1 is 1.38 bits per heavy atom. The number of piperidine rings is 1. The second kappa shape index (κ2) is 4.36. The molecule has 1 N–H and O–H groups in total. The van der Waals surface area contributed by atoms with Crippen molar-refractivity contribution in [2.45, 2.75) is 18.9 Å². The second-order valence-electron chi connectivity index (χ2n) is 4.84. The molecule has 1 fully saturated rings. The summed E-state index contributed by atoms with van der Waals surface area (Å²) in [7, 11) is 2.10. The van der Waals surface area contributed by atoms with Gasteiger partial charge in [0.2, 0.25) is 0 Å². The van der Waals surface area contributed by atoms with Crippen LogP contribution in [0.5, 0.6) is 0 Å². The van der Waals surface area contributed by atoms with Crippen molar-refractivity contribution in [1.82, 2.24) is 4.90 Å². The summed E-state index contributed by atoms with van der Waals surface area (Å²) in [5, 5.41) is 11.5. The van der Waals surface area contributed by atoms with Gasteiger partial charge in [0.1, 0.15) is 0 Å². The Kier molecular flexibility index (Phi) is 3.24. The predicted molar refractivity (Wildman–Crippen MR) is 66.6 cm³/mol. The summed E-state index contributed by atoms with van der Waals surface area (Å²) in [6.45, 7) is 3.97. The molecule has 1 aromatic rings. The van der Waals surface area contributed by atoms with Crippen LogP contribution >= 0.6 is 11.6 Å². The molecule has 3 heteroatoms. The minimum atomic E-state index is -0.697. The standard InChI is InChI=1S/C13H18ClNO/c1-10-9-15(2)8-7-13(10,16)11-3-5-12(14)6-4-11/h3-6,10,16H,7-9H2,1-2H3/t10-,13-/m0/s1. The molecule has 2 nitrogen and oxygen atoms in total. The molecular formula is C13H18ClNO. The Morgan fingerprint density at radius 3 is 2.56 bits per heavy atom. The van der Waals surface area contributed by atoms with Crippen LogP contribution in [0.3, 0.4) is 0 Å². The molecule has 1 heterocycles. The van der Waals surface area contributed by atoms with Gasteiger partial charge in [-0.3, -0.25) is 0 Å². The number of hydrogen-bond donors (Lipinski definition) is 1. The summed E-state index contributed by atoms with van der Waals surface area (Å²) in [4.78, 5) is 2.26. The van der Waals surface area contributed by atoms with Crippen LogP contribution in [-0.2, 0) is 5.60 Å². The molecule has 0 spiro atoms. The van der Waals surface area contributed by atoms with Crippen molar-refractivity contribution in [3.8, 4) is 0 Å². The molecule has 16 heavy (non-hydrogen) atoms. The average Bonchev–Trinajstić information content (AvgIpc) is 2.25. The summed E-state index contributed by atoms with van der Waals surface area (Å²) < 4.78 is 0. The maximum Gasteiger partial charge on any atom is 0.0946 e. The van der Waals surface area contributed by atoms with Crippen LogP contribution in [0.15, 0.2) is 24.3 Å². The largest absolute Gasteiger partial charge is 0.385 e. The molecule has 0 aromatic heterocycles. The molecule has 2 atom stereocenters. The number of rotatable bonds is 1. The quantitative estimate of drug-likeness (QED) is 0.814. The number of likely N-dealkylation sites (tertiary alicyclic amines) is 1. The number of aliphatic hydroxyl groups is 1. The lowest BCUT2D eigenvalue weighted by molar-refractivity contribution is -0.0659. The van der Waals surface area contributed by atoms with Crippen molar-refractivity contribution in [1.29, 1.82) is 0 Å². The number of benzene rings is 1. The van der Waals surface area contributed by atoms with E-state index in [0.717, 1.165) is 25.1 Å². The van der Waals surface area contributed by atoms with E-state index in [9.17, 15) is 5.11 Å². The molecular weight excluding hydrogens is 222 g/mol. The predicted octanol–water partition coefficient (Wildman–Crippen LogP) is 2.50. The first-order valence-corrected chi connectivity index (χ1v) is 6.07. The van der Waals surface area contributed by atoms with Crippen molar-refractivity contribution in [3.05, 3.63) is 34.9 Å². The highest BCUT2D eigenvalue weighted by molar-refractivity contribution is 6.30. The van der Waals surface area contributed by atoms with E-state index in [0.29, 0.717) is 5.02 Å². The zero-order valence-corrected chi connectivity index (χ0v) is 10.5. The summed E-state index contributed by atoms with van der Waals surface area (Å²) in [6.07, 6.45) is 0.784. The molecule has 0 amide bonds. The van der Waals surface area contributed by atoms with Crippen molar-refractivity contribution in [2.75, 3.05) is 20.1 Å². The molecule has 1 aliphatic rings. The van der Waals surface area contributed by atoms with E-state index in [-0.39, 0.29) is 5.92 Å². The van der Waals surface area contributed by atoms with Crippen LogP contribution in [0.1, 0.15) is 18.9 Å². The van der Waals surface area contributed by atoms with Crippen LogP contribution in [0, 0.1) is 5.92 Å². The normalized spacial score (nSPS) is 31.6. The second-order valence-corrected chi connectivity index (χ2v) is 5.28. The first-order chi connectivity index (χ1) is 7.52. The van der Waals surface area contributed by atoms with Crippen LogP contribution in [-0.4, -0.2) is 30.1 Å². The van der Waals surface area contributed by atoms with E-state index in [1.165, 1.54) is 0 Å². The number of hydrogen-bond acceptors (Lipinski definition) is 2. The van der Waals surface area contributed by atoms with E-state index in [2.05, 4.69) is 18.9 Å². The van der Waals surface area contributed by atoms with Gasteiger partial charge in [-0.1, -0.05) is 30.7 Å². The SMILES string of the molecule is C[C@H]1CN(C)CC[C@@]1(O)c1ccc(Cl)cc1. The van der Waals surface area contributed by atoms with Gasteiger partial charge in [0, 0.05) is 24.0 Å².